The Bertz CT molecular complexity index is 653. The van der Waals surface area contributed by atoms with Crippen LogP contribution in [0.5, 0.6) is 5.88 Å². The minimum absolute atomic E-state index is 0.246. The lowest BCUT2D eigenvalue weighted by molar-refractivity contribution is 0.314. The molecule has 0 atom stereocenters. The summed E-state index contributed by atoms with van der Waals surface area (Å²) < 4.78 is 19.1. The van der Waals surface area contributed by atoms with E-state index in [9.17, 15) is 4.39 Å². The maximum absolute atomic E-state index is 13.9. The van der Waals surface area contributed by atoms with Crippen molar-refractivity contribution in [2.24, 2.45) is 5.92 Å². The number of halogens is 1. The van der Waals surface area contributed by atoms with E-state index in [0.29, 0.717) is 23.0 Å². The molecule has 1 aliphatic rings. The van der Waals surface area contributed by atoms with Crippen molar-refractivity contribution in [3.8, 4) is 17.0 Å². The van der Waals surface area contributed by atoms with Crippen LogP contribution in [0.25, 0.3) is 11.1 Å². The first-order valence-corrected chi connectivity index (χ1v) is 7.25. The van der Waals surface area contributed by atoms with Crippen LogP contribution in [0.4, 0.5) is 10.1 Å². The van der Waals surface area contributed by atoms with Crippen molar-refractivity contribution in [1.82, 2.24) is 4.98 Å². The largest absolute Gasteiger partial charge is 0.481 e. The zero-order valence-corrected chi connectivity index (χ0v) is 12.1. The number of rotatable bonds is 4. The number of hydrogen-bond donors (Lipinski definition) is 1. The van der Waals surface area contributed by atoms with E-state index >= 15 is 0 Å². The van der Waals surface area contributed by atoms with Crippen LogP contribution in [0, 0.1) is 11.7 Å². The van der Waals surface area contributed by atoms with Gasteiger partial charge in [0.1, 0.15) is 5.82 Å². The summed E-state index contributed by atoms with van der Waals surface area (Å²) in [7, 11) is 1.56. The standard InChI is InChI=1S/C17H19FN2O/c1-21-16-9-12(5-6-20-16)15-10-14(18)8-13(17(15)19)7-11-3-2-4-11/h5-6,8-11H,2-4,7,19H2,1H3. The zero-order valence-electron chi connectivity index (χ0n) is 12.1. The summed E-state index contributed by atoms with van der Waals surface area (Å²) >= 11 is 0. The van der Waals surface area contributed by atoms with Gasteiger partial charge in [0.15, 0.2) is 0 Å². The third-order valence-electron chi connectivity index (χ3n) is 4.22. The Morgan fingerprint density at radius 3 is 2.81 bits per heavy atom. The molecule has 2 N–H and O–H groups in total. The summed E-state index contributed by atoms with van der Waals surface area (Å²) in [6, 6.07) is 6.64. The van der Waals surface area contributed by atoms with Gasteiger partial charge in [0.05, 0.1) is 7.11 Å². The molecule has 0 spiro atoms. The van der Waals surface area contributed by atoms with E-state index in [1.165, 1.54) is 25.3 Å². The molecule has 3 rings (SSSR count). The summed E-state index contributed by atoms with van der Waals surface area (Å²) in [5.74, 6) is 0.898. The molecular weight excluding hydrogens is 267 g/mol. The van der Waals surface area contributed by atoms with Crippen LogP contribution in [-0.4, -0.2) is 12.1 Å². The predicted octanol–water partition coefficient (Wildman–Crippen LogP) is 3.82. The lowest BCUT2D eigenvalue weighted by Gasteiger charge is -2.26. The molecule has 1 aliphatic carbocycles. The highest BCUT2D eigenvalue weighted by molar-refractivity contribution is 5.79. The van der Waals surface area contributed by atoms with Gasteiger partial charge in [-0.15, -0.1) is 0 Å². The van der Waals surface area contributed by atoms with Crippen LogP contribution < -0.4 is 10.5 Å². The maximum atomic E-state index is 13.9. The van der Waals surface area contributed by atoms with Crippen molar-refractivity contribution >= 4 is 5.69 Å². The molecule has 0 saturated heterocycles. The molecule has 1 aromatic carbocycles. The second-order valence-electron chi connectivity index (χ2n) is 5.61. The fourth-order valence-electron chi connectivity index (χ4n) is 2.78. The Hall–Kier alpha value is -2.10. The molecule has 3 nitrogen and oxygen atoms in total. The summed E-state index contributed by atoms with van der Waals surface area (Å²) in [5.41, 5.74) is 9.39. The Labute approximate surface area is 124 Å². The van der Waals surface area contributed by atoms with Gasteiger partial charge in [0.2, 0.25) is 5.88 Å². The Morgan fingerprint density at radius 2 is 2.14 bits per heavy atom. The normalized spacial score (nSPS) is 14.8. The summed E-state index contributed by atoms with van der Waals surface area (Å²) in [4.78, 5) is 4.07. The number of benzene rings is 1. The molecule has 1 aromatic heterocycles. The summed E-state index contributed by atoms with van der Waals surface area (Å²) in [6.07, 6.45) is 6.21. The Kier molecular flexibility index (Phi) is 3.78. The number of anilines is 1. The van der Waals surface area contributed by atoms with Gasteiger partial charge in [0, 0.05) is 23.5 Å². The van der Waals surface area contributed by atoms with E-state index in [1.54, 1.807) is 25.4 Å². The van der Waals surface area contributed by atoms with Crippen molar-refractivity contribution in [3.63, 3.8) is 0 Å². The number of methoxy groups -OCH3 is 1. The van der Waals surface area contributed by atoms with Gasteiger partial charge < -0.3 is 10.5 Å². The van der Waals surface area contributed by atoms with Crippen molar-refractivity contribution in [3.05, 3.63) is 41.8 Å². The van der Waals surface area contributed by atoms with E-state index in [4.69, 9.17) is 10.5 Å². The highest BCUT2D eigenvalue weighted by Gasteiger charge is 2.20. The molecule has 0 bridgehead atoms. The molecule has 0 radical (unpaired) electrons. The summed E-state index contributed by atoms with van der Waals surface area (Å²) in [6.45, 7) is 0. The van der Waals surface area contributed by atoms with Crippen LogP contribution in [0.15, 0.2) is 30.5 Å². The molecule has 0 unspecified atom stereocenters. The molecule has 21 heavy (non-hydrogen) atoms. The first kappa shape index (κ1) is 13.9. The summed E-state index contributed by atoms with van der Waals surface area (Å²) in [5, 5.41) is 0. The van der Waals surface area contributed by atoms with E-state index in [1.807, 2.05) is 6.07 Å². The van der Waals surface area contributed by atoms with Crippen molar-refractivity contribution < 1.29 is 9.13 Å². The number of hydrogen-bond acceptors (Lipinski definition) is 3. The minimum atomic E-state index is -0.246. The molecule has 0 amide bonds. The van der Waals surface area contributed by atoms with Gasteiger partial charge in [-0.05, 0) is 41.7 Å². The predicted molar refractivity (Wildman–Crippen MR) is 81.6 cm³/mol. The van der Waals surface area contributed by atoms with E-state index in [-0.39, 0.29) is 5.82 Å². The van der Waals surface area contributed by atoms with E-state index < -0.39 is 0 Å². The van der Waals surface area contributed by atoms with Crippen LogP contribution in [0.1, 0.15) is 24.8 Å². The van der Waals surface area contributed by atoms with E-state index in [0.717, 1.165) is 17.5 Å². The van der Waals surface area contributed by atoms with Gasteiger partial charge >= 0.3 is 0 Å². The lowest BCUT2D eigenvalue weighted by atomic mass is 9.80. The Morgan fingerprint density at radius 1 is 1.33 bits per heavy atom. The third-order valence-corrected chi connectivity index (χ3v) is 4.22. The van der Waals surface area contributed by atoms with Gasteiger partial charge in [-0.25, -0.2) is 9.37 Å². The molecule has 110 valence electrons. The highest BCUT2D eigenvalue weighted by atomic mass is 19.1. The molecule has 1 saturated carbocycles. The van der Waals surface area contributed by atoms with Crippen molar-refractivity contribution in [2.75, 3.05) is 12.8 Å². The number of aromatic nitrogens is 1. The van der Waals surface area contributed by atoms with Gasteiger partial charge in [-0.3, -0.25) is 0 Å². The number of ether oxygens (including phenoxy) is 1. The average Bonchev–Trinajstić information content (AvgIpc) is 2.46. The molecule has 4 heteroatoms. The fourth-order valence-corrected chi connectivity index (χ4v) is 2.78. The van der Waals surface area contributed by atoms with E-state index in [2.05, 4.69) is 4.98 Å². The SMILES string of the molecule is COc1cc(-c2cc(F)cc(CC3CCC3)c2N)ccn1. The number of nitrogen functional groups attached to an aromatic ring is 1. The molecule has 1 heterocycles. The van der Waals surface area contributed by atoms with Crippen LogP contribution in [-0.2, 0) is 6.42 Å². The maximum Gasteiger partial charge on any atom is 0.213 e. The van der Waals surface area contributed by atoms with Crippen LogP contribution >= 0.6 is 0 Å². The zero-order chi connectivity index (χ0) is 14.8. The second kappa shape index (κ2) is 5.72. The monoisotopic (exact) mass is 286 g/mol. The van der Waals surface area contributed by atoms with Gasteiger partial charge in [-0.1, -0.05) is 19.3 Å². The Balaban J connectivity index is 2.00. The van der Waals surface area contributed by atoms with Crippen LogP contribution in [0.2, 0.25) is 0 Å². The van der Waals surface area contributed by atoms with Crippen molar-refractivity contribution in [2.45, 2.75) is 25.7 Å². The molecular formula is C17H19FN2O. The number of pyridine rings is 1. The molecule has 2 aromatic rings. The second-order valence-corrected chi connectivity index (χ2v) is 5.61. The van der Waals surface area contributed by atoms with Crippen molar-refractivity contribution in [1.29, 1.82) is 0 Å². The minimum Gasteiger partial charge on any atom is -0.481 e. The van der Waals surface area contributed by atoms with Crippen LogP contribution in [0.3, 0.4) is 0 Å². The highest BCUT2D eigenvalue weighted by Crippen LogP contribution is 2.36. The number of nitrogens with two attached hydrogens (primary N) is 1. The number of nitrogens with zero attached hydrogens (tertiary/aromatic N) is 1. The van der Waals surface area contributed by atoms with Gasteiger partial charge in [-0.2, -0.15) is 0 Å². The first-order chi connectivity index (χ1) is 10.2. The quantitative estimate of drug-likeness (QED) is 0.869. The molecule has 1 fully saturated rings. The topological polar surface area (TPSA) is 48.1 Å². The van der Waals surface area contributed by atoms with Gasteiger partial charge in [0.25, 0.3) is 0 Å². The smallest absolute Gasteiger partial charge is 0.213 e. The lowest BCUT2D eigenvalue weighted by Crippen LogP contribution is -2.15. The first-order valence-electron chi connectivity index (χ1n) is 7.25. The average molecular weight is 286 g/mol. The third kappa shape index (κ3) is 2.84. The fraction of sp³-hybridized carbons (Fsp3) is 0.353. The molecule has 0 aliphatic heterocycles.